The van der Waals surface area contributed by atoms with E-state index in [1.165, 1.54) is 29.2 Å². The fraction of sp³-hybridized carbons (Fsp3) is 0.188. The Bertz CT molecular complexity index is 754. The summed E-state index contributed by atoms with van der Waals surface area (Å²) in [5.41, 5.74) is 0.362. The highest BCUT2D eigenvalue weighted by Gasteiger charge is 2.24. The van der Waals surface area contributed by atoms with Crippen molar-refractivity contribution in [1.82, 2.24) is 0 Å². The molecule has 0 radical (unpaired) electrons. The van der Waals surface area contributed by atoms with Crippen molar-refractivity contribution < 1.29 is 22.7 Å². The Hall–Kier alpha value is -2.15. The molecular weight excluding hydrogens is 327 g/mol. The van der Waals surface area contributed by atoms with Gasteiger partial charge in [-0.05, 0) is 24.3 Å². The van der Waals surface area contributed by atoms with Crippen molar-refractivity contribution in [2.75, 3.05) is 23.8 Å². The molecule has 0 spiro atoms. The van der Waals surface area contributed by atoms with Crippen LogP contribution in [0.5, 0.6) is 5.75 Å². The molecule has 120 valence electrons. The first-order valence-electron chi connectivity index (χ1n) is 6.85. The Morgan fingerprint density at radius 1 is 1.13 bits per heavy atom. The molecule has 2 aromatic carbocycles. The van der Waals surface area contributed by atoms with Gasteiger partial charge in [-0.3, -0.25) is 4.79 Å². The number of anilines is 1. The standard InChI is InChI=1S/C16H12F3NO2S/c17-10-2-4-15(12(19)7-10)23-9-16(21)20-5-6-22-14-3-1-11(18)8-13(14)20/h1-4,7-8H,5-6,9H2. The van der Waals surface area contributed by atoms with Crippen LogP contribution < -0.4 is 9.64 Å². The summed E-state index contributed by atoms with van der Waals surface area (Å²) >= 11 is 0.969. The summed E-state index contributed by atoms with van der Waals surface area (Å²) in [6.07, 6.45) is 0. The minimum Gasteiger partial charge on any atom is -0.490 e. The molecule has 3 rings (SSSR count). The minimum atomic E-state index is -0.712. The average Bonchev–Trinajstić information content (AvgIpc) is 2.53. The molecule has 3 nitrogen and oxygen atoms in total. The van der Waals surface area contributed by atoms with E-state index in [2.05, 4.69) is 0 Å². The number of carbonyl (C=O) groups is 1. The monoisotopic (exact) mass is 339 g/mol. The number of hydrogen-bond acceptors (Lipinski definition) is 3. The first-order chi connectivity index (χ1) is 11.0. The van der Waals surface area contributed by atoms with E-state index in [0.717, 1.165) is 23.9 Å². The number of amides is 1. The predicted octanol–water partition coefficient (Wildman–Crippen LogP) is 3.62. The third-order valence-corrected chi connectivity index (χ3v) is 4.36. The summed E-state index contributed by atoms with van der Waals surface area (Å²) in [4.78, 5) is 14.0. The maximum absolute atomic E-state index is 13.6. The van der Waals surface area contributed by atoms with E-state index in [4.69, 9.17) is 4.74 Å². The number of nitrogens with zero attached hydrogens (tertiary/aromatic N) is 1. The summed E-state index contributed by atoms with van der Waals surface area (Å²) in [6, 6.07) is 7.15. The third kappa shape index (κ3) is 3.44. The molecule has 23 heavy (non-hydrogen) atoms. The summed E-state index contributed by atoms with van der Waals surface area (Å²) in [7, 11) is 0. The van der Waals surface area contributed by atoms with Gasteiger partial charge in [0.1, 0.15) is 29.8 Å². The summed E-state index contributed by atoms with van der Waals surface area (Å²) in [5.74, 6) is -1.76. The highest BCUT2D eigenvalue weighted by atomic mass is 32.2. The lowest BCUT2D eigenvalue weighted by molar-refractivity contribution is -0.116. The molecule has 7 heteroatoms. The van der Waals surface area contributed by atoms with Gasteiger partial charge in [0.15, 0.2) is 0 Å². The smallest absolute Gasteiger partial charge is 0.237 e. The van der Waals surface area contributed by atoms with E-state index in [0.29, 0.717) is 24.6 Å². The molecule has 2 aromatic rings. The fourth-order valence-electron chi connectivity index (χ4n) is 2.26. The Morgan fingerprint density at radius 3 is 2.65 bits per heavy atom. The van der Waals surface area contributed by atoms with Gasteiger partial charge < -0.3 is 9.64 Å². The number of thioether (sulfide) groups is 1. The Labute approximate surface area is 135 Å². The van der Waals surface area contributed by atoms with Crippen molar-refractivity contribution in [1.29, 1.82) is 0 Å². The molecule has 1 aliphatic heterocycles. The molecule has 0 aliphatic carbocycles. The van der Waals surface area contributed by atoms with Crippen molar-refractivity contribution >= 4 is 23.4 Å². The van der Waals surface area contributed by atoms with Crippen LogP contribution in [0.15, 0.2) is 41.3 Å². The van der Waals surface area contributed by atoms with Gasteiger partial charge in [0.05, 0.1) is 18.0 Å². The third-order valence-electron chi connectivity index (χ3n) is 3.33. The molecule has 1 amide bonds. The fourth-order valence-corrected chi connectivity index (χ4v) is 3.06. The summed E-state index contributed by atoms with van der Waals surface area (Å²) in [5, 5.41) is 0. The molecule has 0 unspecified atom stereocenters. The van der Waals surface area contributed by atoms with E-state index in [1.54, 1.807) is 0 Å². The lowest BCUT2D eigenvalue weighted by Gasteiger charge is -2.29. The molecule has 1 aliphatic rings. The first-order valence-corrected chi connectivity index (χ1v) is 7.84. The zero-order valence-corrected chi connectivity index (χ0v) is 12.7. The van der Waals surface area contributed by atoms with Crippen molar-refractivity contribution in [3.05, 3.63) is 53.8 Å². The van der Waals surface area contributed by atoms with E-state index in [1.807, 2.05) is 0 Å². The average molecular weight is 339 g/mol. The molecule has 0 bridgehead atoms. The number of benzene rings is 2. The zero-order chi connectivity index (χ0) is 16.4. The van der Waals surface area contributed by atoms with Gasteiger partial charge >= 0.3 is 0 Å². The van der Waals surface area contributed by atoms with Crippen molar-refractivity contribution in [2.24, 2.45) is 0 Å². The number of fused-ring (bicyclic) bond motifs is 1. The zero-order valence-electron chi connectivity index (χ0n) is 11.9. The van der Waals surface area contributed by atoms with Gasteiger partial charge in [-0.15, -0.1) is 11.8 Å². The van der Waals surface area contributed by atoms with Gasteiger partial charge in [0.25, 0.3) is 0 Å². The van der Waals surface area contributed by atoms with Gasteiger partial charge in [-0.2, -0.15) is 0 Å². The first kappa shape index (κ1) is 15.7. The lowest BCUT2D eigenvalue weighted by atomic mass is 10.2. The maximum atomic E-state index is 13.6. The number of halogens is 3. The molecule has 0 saturated carbocycles. The SMILES string of the molecule is O=C(CSc1ccc(F)cc1F)N1CCOc2ccc(F)cc21. The number of hydrogen-bond donors (Lipinski definition) is 0. The van der Waals surface area contributed by atoms with Crippen LogP contribution in [0.2, 0.25) is 0 Å². The van der Waals surface area contributed by atoms with E-state index >= 15 is 0 Å². The topological polar surface area (TPSA) is 29.5 Å². The van der Waals surface area contributed by atoms with Crippen LogP contribution >= 0.6 is 11.8 Å². The maximum Gasteiger partial charge on any atom is 0.237 e. The van der Waals surface area contributed by atoms with Crippen LogP contribution in [0.3, 0.4) is 0 Å². The van der Waals surface area contributed by atoms with Gasteiger partial charge in [-0.25, -0.2) is 13.2 Å². The van der Waals surface area contributed by atoms with Gasteiger partial charge in [0.2, 0.25) is 5.91 Å². The van der Waals surface area contributed by atoms with Crippen molar-refractivity contribution in [2.45, 2.75) is 4.90 Å². The van der Waals surface area contributed by atoms with Crippen LogP contribution in [-0.4, -0.2) is 24.8 Å². The van der Waals surface area contributed by atoms with E-state index < -0.39 is 17.5 Å². The molecular formula is C16H12F3NO2S. The Morgan fingerprint density at radius 2 is 1.87 bits per heavy atom. The van der Waals surface area contributed by atoms with Crippen LogP contribution in [0.4, 0.5) is 18.9 Å². The highest BCUT2D eigenvalue weighted by molar-refractivity contribution is 8.00. The Balaban J connectivity index is 1.73. The second-order valence-electron chi connectivity index (χ2n) is 4.87. The number of ether oxygens (including phenoxy) is 1. The van der Waals surface area contributed by atoms with Gasteiger partial charge in [-0.1, -0.05) is 0 Å². The van der Waals surface area contributed by atoms with Crippen LogP contribution in [0.1, 0.15) is 0 Å². The number of rotatable bonds is 3. The molecule has 0 atom stereocenters. The lowest BCUT2D eigenvalue weighted by Crippen LogP contribution is -2.39. The highest BCUT2D eigenvalue weighted by Crippen LogP contribution is 2.33. The van der Waals surface area contributed by atoms with E-state index in [9.17, 15) is 18.0 Å². The van der Waals surface area contributed by atoms with Crippen LogP contribution in [0.25, 0.3) is 0 Å². The molecule has 0 fully saturated rings. The predicted molar refractivity (Wildman–Crippen MR) is 81.3 cm³/mol. The quantitative estimate of drug-likeness (QED) is 0.800. The van der Waals surface area contributed by atoms with Crippen molar-refractivity contribution in [3.63, 3.8) is 0 Å². The Kier molecular flexibility index (Phi) is 4.47. The molecule has 0 aromatic heterocycles. The van der Waals surface area contributed by atoms with Crippen LogP contribution in [-0.2, 0) is 4.79 Å². The van der Waals surface area contributed by atoms with Crippen LogP contribution in [0, 0.1) is 17.5 Å². The minimum absolute atomic E-state index is 0.0431. The normalized spacial score (nSPS) is 13.4. The van der Waals surface area contributed by atoms with Crippen molar-refractivity contribution in [3.8, 4) is 5.75 Å². The molecule has 0 saturated heterocycles. The molecule has 1 heterocycles. The second kappa shape index (κ2) is 6.54. The molecule has 0 N–H and O–H groups in total. The summed E-state index contributed by atoms with van der Waals surface area (Å²) < 4.78 is 45.2. The summed E-state index contributed by atoms with van der Waals surface area (Å²) in [6.45, 7) is 0.599. The largest absolute Gasteiger partial charge is 0.490 e. The van der Waals surface area contributed by atoms with E-state index in [-0.39, 0.29) is 16.6 Å². The second-order valence-corrected chi connectivity index (χ2v) is 5.89. The number of carbonyl (C=O) groups excluding carboxylic acids is 1. The van der Waals surface area contributed by atoms with Gasteiger partial charge in [0, 0.05) is 17.0 Å².